The van der Waals surface area contributed by atoms with E-state index in [9.17, 15) is 14.9 Å². The van der Waals surface area contributed by atoms with E-state index in [1.54, 1.807) is 54.9 Å². The predicted molar refractivity (Wildman–Crippen MR) is 114 cm³/mol. The molecule has 0 radical (unpaired) electrons. The van der Waals surface area contributed by atoms with Crippen molar-refractivity contribution >= 4 is 23.4 Å². The lowest BCUT2D eigenvalue weighted by molar-refractivity contribution is -0.384. The molecule has 1 N–H and O–H groups in total. The second-order valence-corrected chi connectivity index (χ2v) is 6.39. The molecule has 0 bridgehead atoms. The van der Waals surface area contributed by atoms with Crippen molar-refractivity contribution in [3.05, 3.63) is 94.8 Å². The zero-order valence-corrected chi connectivity index (χ0v) is 16.0. The molecule has 0 aliphatic carbocycles. The van der Waals surface area contributed by atoms with Crippen LogP contribution in [-0.4, -0.2) is 26.0 Å². The minimum absolute atomic E-state index is 0.0475. The van der Waals surface area contributed by atoms with Crippen molar-refractivity contribution in [3.63, 3.8) is 0 Å². The third kappa shape index (κ3) is 4.67. The summed E-state index contributed by atoms with van der Waals surface area (Å²) < 4.78 is 5.37. The first-order valence-electron chi connectivity index (χ1n) is 9.17. The number of hydrogen-bond acceptors (Lipinski definition) is 7. The smallest absolute Gasteiger partial charge is 0.270 e. The van der Waals surface area contributed by atoms with Crippen LogP contribution < -0.4 is 5.32 Å². The zero-order valence-electron chi connectivity index (χ0n) is 16.0. The number of nitro benzene ring substituents is 1. The van der Waals surface area contributed by atoms with Crippen molar-refractivity contribution in [1.29, 1.82) is 0 Å². The van der Waals surface area contributed by atoms with Gasteiger partial charge in [-0.1, -0.05) is 29.4 Å². The number of aromatic nitrogens is 3. The molecule has 152 valence electrons. The minimum Gasteiger partial charge on any atom is -0.334 e. The third-order valence-electron chi connectivity index (χ3n) is 4.27. The SMILES string of the molecule is O=C(/C=C/c1cccc([N+](=O)[O-])c1)Nc1ccccc1-c1nc(-c2cccnc2)no1. The lowest BCUT2D eigenvalue weighted by Crippen LogP contribution is -2.08. The first-order chi connectivity index (χ1) is 15.1. The molecule has 0 aliphatic rings. The highest BCUT2D eigenvalue weighted by molar-refractivity contribution is 6.03. The van der Waals surface area contributed by atoms with Gasteiger partial charge >= 0.3 is 0 Å². The molecule has 2 heterocycles. The number of amides is 1. The quantitative estimate of drug-likeness (QED) is 0.283. The average molecular weight is 413 g/mol. The molecule has 0 fully saturated rings. The van der Waals surface area contributed by atoms with Crippen molar-refractivity contribution < 1.29 is 14.2 Å². The highest BCUT2D eigenvalue weighted by Gasteiger charge is 2.15. The van der Waals surface area contributed by atoms with Gasteiger partial charge in [0.2, 0.25) is 11.7 Å². The molecule has 31 heavy (non-hydrogen) atoms. The molecular weight excluding hydrogens is 398 g/mol. The van der Waals surface area contributed by atoms with Crippen LogP contribution in [0, 0.1) is 10.1 Å². The van der Waals surface area contributed by atoms with Gasteiger partial charge in [0.25, 0.3) is 11.6 Å². The second-order valence-electron chi connectivity index (χ2n) is 6.39. The Morgan fingerprint density at radius 1 is 1.10 bits per heavy atom. The number of non-ortho nitro benzene ring substituents is 1. The molecule has 0 saturated heterocycles. The molecule has 4 aromatic rings. The number of nitrogens with one attached hydrogen (secondary N) is 1. The Morgan fingerprint density at radius 2 is 1.97 bits per heavy atom. The fourth-order valence-corrected chi connectivity index (χ4v) is 2.81. The lowest BCUT2D eigenvalue weighted by Gasteiger charge is -2.06. The number of benzene rings is 2. The Hall–Kier alpha value is -4.66. The van der Waals surface area contributed by atoms with E-state index in [0.717, 1.165) is 0 Å². The highest BCUT2D eigenvalue weighted by atomic mass is 16.6. The summed E-state index contributed by atoms with van der Waals surface area (Å²) in [6.45, 7) is 0. The van der Waals surface area contributed by atoms with Crippen LogP contribution in [0.5, 0.6) is 0 Å². The molecule has 0 unspecified atom stereocenters. The standard InChI is InChI=1S/C22H15N5O4/c28-20(11-10-15-5-3-7-17(13-15)27(29)30)24-19-9-2-1-8-18(19)22-25-21(26-31-22)16-6-4-12-23-14-16/h1-14H,(H,24,28)/b11-10+. The van der Waals surface area contributed by atoms with E-state index in [2.05, 4.69) is 20.4 Å². The van der Waals surface area contributed by atoms with Crippen LogP contribution >= 0.6 is 0 Å². The first-order valence-corrected chi connectivity index (χ1v) is 9.17. The number of rotatable bonds is 6. The molecule has 0 aliphatic heterocycles. The van der Waals surface area contributed by atoms with E-state index in [0.29, 0.717) is 28.2 Å². The fraction of sp³-hybridized carbons (Fsp3) is 0. The van der Waals surface area contributed by atoms with E-state index in [1.807, 2.05) is 6.07 Å². The maximum atomic E-state index is 12.4. The maximum Gasteiger partial charge on any atom is 0.270 e. The third-order valence-corrected chi connectivity index (χ3v) is 4.27. The summed E-state index contributed by atoms with van der Waals surface area (Å²) in [5.74, 6) is 0.221. The largest absolute Gasteiger partial charge is 0.334 e. The first kappa shape index (κ1) is 19.6. The molecular formula is C22H15N5O4. The van der Waals surface area contributed by atoms with Crippen molar-refractivity contribution in [1.82, 2.24) is 15.1 Å². The monoisotopic (exact) mass is 413 g/mol. The fourth-order valence-electron chi connectivity index (χ4n) is 2.81. The molecule has 2 aromatic carbocycles. The number of carbonyl (C=O) groups is 1. The summed E-state index contributed by atoms with van der Waals surface area (Å²) in [6, 6.07) is 16.6. The topological polar surface area (TPSA) is 124 Å². The predicted octanol–water partition coefficient (Wildman–Crippen LogP) is 4.36. The maximum absolute atomic E-state index is 12.4. The number of anilines is 1. The van der Waals surface area contributed by atoms with Crippen molar-refractivity contribution in [2.45, 2.75) is 0 Å². The molecule has 2 aromatic heterocycles. The Morgan fingerprint density at radius 3 is 2.77 bits per heavy atom. The molecule has 0 saturated carbocycles. The van der Waals surface area contributed by atoms with Gasteiger partial charge < -0.3 is 9.84 Å². The van der Waals surface area contributed by atoms with Gasteiger partial charge in [-0.25, -0.2) is 0 Å². The van der Waals surface area contributed by atoms with E-state index in [-0.39, 0.29) is 11.6 Å². The van der Waals surface area contributed by atoms with E-state index < -0.39 is 10.8 Å². The van der Waals surface area contributed by atoms with E-state index >= 15 is 0 Å². The van der Waals surface area contributed by atoms with Gasteiger partial charge in [-0.05, 0) is 35.9 Å². The van der Waals surface area contributed by atoms with Gasteiger partial charge in [-0.3, -0.25) is 19.9 Å². The Bertz CT molecular complexity index is 1270. The van der Waals surface area contributed by atoms with Gasteiger partial charge in [-0.2, -0.15) is 4.98 Å². The van der Waals surface area contributed by atoms with Gasteiger partial charge in [0.05, 0.1) is 16.2 Å². The van der Waals surface area contributed by atoms with Crippen LogP contribution in [0.4, 0.5) is 11.4 Å². The van der Waals surface area contributed by atoms with Crippen LogP contribution in [-0.2, 0) is 4.79 Å². The molecule has 4 rings (SSSR count). The Labute approximate surface area is 176 Å². The molecule has 0 atom stereocenters. The van der Waals surface area contributed by atoms with Gasteiger partial charge in [-0.15, -0.1) is 0 Å². The van der Waals surface area contributed by atoms with Crippen LogP contribution in [0.25, 0.3) is 28.9 Å². The number of pyridine rings is 1. The Balaban J connectivity index is 1.53. The highest BCUT2D eigenvalue weighted by Crippen LogP contribution is 2.28. The number of carbonyl (C=O) groups excluding carboxylic acids is 1. The molecule has 0 spiro atoms. The van der Waals surface area contributed by atoms with Crippen LogP contribution in [0.15, 0.2) is 83.7 Å². The van der Waals surface area contributed by atoms with Crippen LogP contribution in [0.2, 0.25) is 0 Å². The van der Waals surface area contributed by atoms with E-state index in [4.69, 9.17) is 4.52 Å². The zero-order chi connectivity index (χ0) is 21.6. The summed E-state index contributed by atoms with van der Waals surface area (Å²) in [4.78, 5) is 31.2. The Kier molecular flexibility index (Phi) is 5.57. The summed E-state index contributed by atoms with van der Waals surface area (Å²) in [6.07, 6.45) is 6.07. The van der Waals surface area contributed by atoms with Gasteiger partial charge in [0, 0.05) is 36.2 Å². The summed E-state index contributed by atoms with van der Waals surface area (Å²) in [5, 5.41) is 17.6. The van der Waals surface area contributed by atoms with Gasteiger partial charge in [0.15, 0.2) is 0 Å². The second kappa shape index (κ2) is 8.78. The number of nitrogens with zero attached hydrogens (tertiary/aromatic N) is 4. The van der Waals surface area contributed by atoms with Crippen molar-refractivity contribution in [3.8, 4) is 22.8 Å². The van der Waals surface area contributed by atoms with Crippen molar-refractivity contribution in [2.24, 2.45) is 0 Å². The van der Waals surface area contributed by atoms with Crippen LogP contribution in [0.3, 0.4) is 0 Å². The summed E-state index contributed by atoms with van der Waals surface area (Å²) in [5.41, 5.74) is 2.24. The normalized spacial score (nSPS) is 10.8. The summed E-state index contributed by atoms with van der Waals surface area (Å²) >= 11 is 0. The lowest BCUT2D eigenvalue weighted by atomic mass is 10.1. The molecule has 9 heteroatoms. The van der Waals surface area contributed by atoms with Gasteiger partial charge in [0.1, 0.15) is 0 Å². The number of nitro groups is 1. The molecule has 1 amide bonds. The van der Waals surface area contributed by atoms with Crippen LogP contribution in [0.1, 0.15) is 5.56 Å². The molecule has 9 nitrogen and oxygen atoms in total. The van der Waals surface area contributed by atoms with E-state index in [1.165, 1.54) is 24.3 Å². The average Bonchev–Trinajstić information content (AvgIpc) is 3.29. The summed E-state index contributed by atoms with van der Waals surface area (Å²) in [7, 11) is 0. The number of para-hydroxylation sites is 1. The van der Waals surface area contributed by atoms with Crippen molar-refractivity contribution in [2.75, 3.05) is 5.32 Å². The minimum atomic E-state index is -0.488. The number of hydrogen-bond donors (Lipinski definition) is 1.